The van der Waals surface area contributed by atoms with Crippen LogP contribution in [0.25, 0.3) is 0 Å². The lowest BCUT2D eigenvalue weighted by molar-refractivity contribution is -0.128. The van der Waals surface area contributed by atoms with E-state index < -0.39 is 5.92 Å². The van der Waals surface area contributed by atoms with Crippen LogP contribution in [0.2, 0.25) is 0 Å². The van der Waals surface area contributed by atoms with Crippen molar-refractivity contribution in [2.45, 2.75) is 25.9 Å². The Labute approximate surface area is 140 Å². The predicted molar refractivity (Wildman–Crippen MR) is 88.7 cm³/mol. The number of aryl methyl sites for hydroxylation is 1. The molecule has 0 aliphatic carbocycles. The molecule has 0 saturated carbocycles. The smallest absolute Gasteiger partial charge is 0.226 e. The predicted octanol–water partition coefficient (Wildman–Crippen LogP) is 1.62. The summed E-state index contributed by atoms with van der Waals surface area (Å²) >= 11 is 0. The van der Waals surface area contributed by atoms with Crippen LogP contribution < -0.4 is 5.32 Å². The van der Waals surface area contributed by atoms with Gasteiger partial charge in [0.05, 0.1) is 24.2 Å². The van der Waals surface area contributed by atoms with Gasteiger partial charge in [-0.15, -0.1) is 0 Å². The molecule has 124 valence electrons. The highest BCUT2D eigenvalue weighted by molar-refractivity contribution is 5.90. The molecule has 2 aromatic heterocycles. The van der Waals surface area contributed by atoms with Gasteiger partial charge in [-0.2, -0.15) is 0 Å². The molecule has 0 spiro atoms. The summed E-state index contributed by atoms with van der Waals surface area (Å²) in [7, 11) is 1.73. The molecule has 0 radical (unpaired) electrons. The van der Waals surface area contributed by atoms with Gasteiger partial charge in [0.1, 0.15) is 0 Å². The summed E-state index contributed by atoms with van der Waals surface area (Å²) in [6.45, 7) is 2.32. The fourth-order valence-electron chi connectivity index (χ4n) is 3.12. The van der Waals surface area contributed by atoms with E-state index in [1.54, 1.807) is 30.5 Å². The second kappa shape index (κ2) is 6.78. The standard InChI is InChI=1S/C18H20N4O2/c1-12-5-3-8-20-15(12)11-21-18(24)14-9-16(23)22(2)17(14)13-6-4-7-19-10-13/h3-8,10,14,17H,9,11H2,1-2H3,(H,21,24)/t14-,17+/m1/s1. The van der Waals surface area contributed by atoms with E-state index in [2.05, 4.69) is 15.3 Å². The minimum absolute atomic E-state index is 0.0296. The first-order valence-corrected chi connectivity index (χ1v) is 7.91. The van der Waals surface area contributed by atoms with Crippen LogP contribution in [-0.2, 0) is 16.1 Å². The number of aromatic nitrogens is 2. The molecule has 1 saturated heterocycles. The minimum atomic E-state index is -0.421. The Balaban J connectivity index is 1.75. The molecule has 3 heterocycles. The van der Waals surface area contributed by atoms with Crippen LogP contribution in [0.15, 0.2) is 42.9 Å². The molecular weight excluding hydrogens is 304 g/mol. The van der Waals surface area contributed by atoms with E-state index in [1.165, 1.54) is 0 Å². The molecule has 2 atom stereocenters. The van der Waals surface area contributed by atoms with Gasteiger partial charge in [0, 0.05) is 32.1 Å². The van der Waals surface area contributed by atoms with Crippen LogP contribution in [0.1, 0.15) is 29.3 Å². The quantitative estimate of drug-likeness (QED) is 0.927. The minimum Gasteiger partial charge on any atom is -0.350 e. The van der Waals surface area contributed by atoms with Crippen molar-refractivity contribution in [2.75, 3.05) is 7.05 Å². The van der Waals surface area contributed by atoms with Crippen molar-refractivity contribution in [1.29, 1.82) is 0 Å². The Morgan fingerprint density at radius 2 is 2.12 bits per heavy atom. The number of nitrogens with one attached hydrogen (secondary N) is 1. The molecule has 0 unspecified atom stereocenters. The van der Waals surface area contributed by atoms with E-state index in [1.807, 2.05) is 31.2 Å². The van der Waals surface area contributed by atoms with E-state index in [0.717, 1.165) is 16.8 Å². The molecule has 1 N–H and O–H groups in total. The third kappa shape index (κ3) is 3.13. The Morgan fingerprint density at radius 1 is 1.33 bits per heavy atom. The Bertz CT molecular complexity index is 748. The molecule has 6 nitrogen and oxygen atoms in total. The summed E-state index contributed by atoms with van der Waals surface area (Å²) in [6, 6.07) is 7.26. The van der Waals surface area contributed by atoms with Crippen molar-refractivity contribution in [3.05, 3.63) is 59.7 Å². The second-order valence-corrected chi connectivity index (χ2v) is 6.03. The van der Waals surface area contributed by atoms with Gasteiger partial charge in [0.25, 0.3) is 0 Å². The van der Waals surface area contributed by atoms with Gasteiger partial charge in [0.15, 0.2) is 0 Å². The highest BCUT2D eigenvalue weighted by Crippen LogP contribution is 2.36. The summed E-state index contributed by atoms with van der Waals surface area (Å²) in [6.07, 6.45) is 5.31. The van der Waals surface area contributed by atoms with Gasteiger partial charge >= 0.3 is 0 Å². The number of hydrogen-bond donors (Lipinski definition) is 1. The van der Waals surface area contributed by atoms with Crippen molar-refractivity contribution in [3.63, 3.8) is 0 Å². The lowest BCUT2D eigenvalue weighted by Crippen LogP contribution is -2.34. The van der Waals surface area contributed by atoms with Gasteiger partial charge in [-0.1, -0.05) is 12.1 Å². The number of amides is 2. The van der Waals surface area contributed by atoms with E-state index in [9.17, 15) is 9.59 Å². The fraction of sp³-hybridized carbons (Fsp3) is 0.333. The van der Waals surface area contributed by atoms with Crippen molar-refractivity contribution < 1.29 is 9.59 Å². The molecule has 24 heavy (non-hydrogen) atoms. The van der Waals surface area contributed by atoms with Crippen molar-refractivity contribution in [1.82, 2.24) is 20.2 Å². The molecule has 6 heteroatoms. The van der Waals surface area contributed by atoms with Crippen LogP contribution in [0, 0.1) is 12.8 Å². The highest BCUT2D eigenvalue weighted by Gasteiger charge is 2.42. The number of hydrogen-bond acceptors (Lipinski definition) is 4. The lowest BCUT2D eigenvalue weighted by Gasteiger charge is -2.24. The molecular formula is C18H20N4O2. The fourth-order valence-corrected chi connectivity index (χ4v) is 3.12. The van der Waals surface area contributed by atoms with Gasteiger partial charge in [-0.3, -0.25) is 19.6 Å². The zero-order chi connectivity index (χ0) is 17.1. The van der Waals surface area contributed by atoms with Crippen LogP contribution in [0.5, 0.6) is 0 Å². The molecule has 0 bridgehead atoms. The average molecular weight is 324 g/mol. The summed E-state index contributed by atoms with van der Waals surface area (Å²) in [5.41, 5.74) is 2.74. The van der Waals surface area contributed by atoms with Gasteiger partial charge in [0.2, 0.25) is 11.8 Å². The topological polar surface area (TPSA) is 75.2 Å². The van der Waals surface area contributed by atoms with Crippen LogP contribution in [0.3, 0.4) is 0 Å². The van der Waals surface area contributed by atoms with E-state index in [-0.39, 0.29) is 24.3 Å². The first-order chi connectivity index (χ1) is 11.6. The third-order valence-electron chi connectivity index (χ3n) is 4.50. The molecule has 1 aliphatic rings. The number of carbonyl (C=O) groups is 2. The SMILES string of the molecule is Cc1cccnc1CNC(=O)[C@@H]1CC(=O)N(C)[C@H]1c1cccnc1. The van der Waals surface area contributed by atoms with Crippen LogP contribution in [-0.4, -0.2) is 33.7 Å². The Hall–Kier alpha value is -2.76. The first-order valence-electron chi connectivity index (χ1n) is 7.91. The summed E-state index contributed by atoms with van der Waals surface area (Å²) in [5, 5.41) is 2.92. The number of pyridine rings is 2. The first kappa shape index (κ1) is 16.1. The number of likely N-dealkylation sites (tertiary alicyclic amines) is 1. The van der Waals surface area contributed by atoms with E-state index in [4.69, 9.17) is 0 Å². The zero-order valence-electron chi connectivity index (χ0n) is 13.8. The molecule has 3 rings (SSSR count). The molecule has 1 aliphatic heterocycles. The normalized spacial score (nSPS) is 20.2. The number of carbonyl (C=O) groups excluding carboxylic acids is 2. The molecule has 1 fully saturated rings. The van der Waals surface area contributed by atoms with Gasteiger partial charge in [-0.25, -0.2) is 0 Å². The lowest BCUT2D eigenvalue weighted by atomic mass is 9.94. The summed E-state index contributed by atoms with van der Waals surface area (Å²) in [4.78, 5) is 34.8. The highest BCUT2D eigenvalue weighted by atomic mass is 16.2. The van der Waals surface area contributed by atoms with E-state index in [0.29, 0.717) is 6.54 Å². The van der Waals surface area contributed by atoms with Crippen LogP contribution in [0.4, 0.5) is 0 Å². The zero-order valence-corrected chi connectivity index (χ0v) is 13.8. The third-order valence-corrected chi connectivity index (χ3v) is 4.50. The van der Waals surface area contributed by atoms with Crippen molar-refractivity contribution in [2.24, 2.45) is 5.92 Å². The second-order valence-electron chi connectivity index (χ2n) is 6.03. The van der Waals surface area contributed by atoms with Crippen LogP contribution >= 0.6 is 0 Å². The largest absolute Gasteiger partial charge is 0.350 e. The summed E-state index contributed by atoms with van der Waals surface area (Å²) < 4.78 is 0. The molecule has 2 aromatic rings. The maximum atomic E-state index is 12.7. The summed E-state index contributed by atoms with van der Waals surface area (Å²) in [5.74, 6) is -0.583. The van der Waals surface area contributed by atoms with Crippen molar-refractivity contribution in [3.8, 4) is 0 Å². The number of rotatable bonds is 4. The Kier molecular flexibility index (Phi) is 4.55. The Morgan fingerprint density at radius 3 is 2.83 bits per heavy atom. The van der Waals surface area contributed by atoms with Gasteiger partial charge < -0.3 is 10.2 Å². The maximum Gasteiger partial charge on any atom is 0.226 e. The average Bonchev–Trinajstić information content (AvgIpc) is 2.90. The maximum absolute atomic E-state index is 12.7. The number of nitrogens with zero attached hydrogens (tertiary/aromatic N) is 3. The van der Waals surface area contributed by atoms with E-state index >= 15 is 0 Å². The monoisotopic (exact) mass is 324 g/mol. The molecule has 2 amide bonds. The van der Waals surface area contributed by atoms with Crippen molar-refractivity contribution >= 4 is 11.8 Å². The molecule has 0 aromatic carbocycles. The van der Waals surface area contributed by atoms with Gasteiger partial charge in [-0.05, 0) is 30.2 Å².